The van der Waals surface area contributed by atoms with Crippen molar-refractivity contribution in [1.82, 2.24) is 4.31 Å². The van der Waals surface area contributed by atoms with Crippen molar-refractivity contribution in [2.24, 2.45) is 5.92 Å². The summed E-state index contributed by atoms with van der Waals surface area (Å²) in [6.45, 7) is 0. The lowest BCUT2D eigenvalue weighted by Crippen LogP contribution is -2.62. The molecule has 0 unspecified atom stereocenters. The van der Waals surface area contributed by atoms with Crippen molar-refractivity contribution < 1.29 is 13.2 Å². The maximum Gasteiger partial charge on any atom is 0.324 e. The van der Waals surface area contributed by atoms with Crippen LogP contribution in [0.1, 0.15) is 25.7 Å². The molecule has 0 N–H and O–H groups in total. The second-order valence-corrected chi connectivity index (χ2v) is 5.92. The summed E-state index contributed by atoms with van der Waals surface area (Å²) in [5, 5.41) is 0. The van der Waals surface area contributed by atoms with E-state index in [-0.39, 0.29) is 17.9 Å². The van der Waals surface area contributed by atoms with Crippen LogP contribution in [0.3, 0.4) is 0 Å². The molecule has 4 nitrogen and oxygen atoms in total. The van der Waals surface area contributed by atoms with Gasteiger partial charge in [0.25, 0.3) is 0 Å². The molecular weight excluding hydrogens is 214 g/mol. The summed E-state index contributed by atoms with van der Waals surface area (Å²) in [7, 11) is 1.30. The van der Waals surface area contributed by atoms with Crippen molar-refractivity contribution in [3.8, 4) is 0 Å². The predicted molar refractivity (Wildman–Crippen MR) is 47.4 cm³/mol. The molecule has 74 valence electrons. The van der Waals surface area contributed by atoms with Crippen LogP contribution in [0.5, 0.6) is 0 Å². The first-order chi connectivity index (χ1) is 6.02. The molecule has 1 saturated carbocycles. The van der Waals surface area contributed by atoms with Crippen molar-refractivity contribution in [1.29, 1.82) is 0 Å². The van der Waals surface area contributed by atoms with Crippen molar-refractivity contribution in [3.63, 3.8) is 0 Å². The van der Waals surface area contributed by atoms with Crippen molar-refractivity contribution in [2.45, 2.75) is 31.7 Å². The van der Waals surface area contributed by atoms with Gasteiger partial charge in [0, 0.05) is 10.7 Å². The number of carbonyl (C=O) groups is 1. The van der Waals surface area contributed by atoms with E-state index in [2.05, 4.69) is 0 Å². The van der Waals surface area contributed by atoms with Gasteiger partial charge in [-0.2, -0.15) is 8.42 Å². The SMILES string of the molecule is O=C1[C@H]2CCCC[C@H]2N1S(=O)(=O)Cl. The van der Waals surface area contributed by atoms with E-state index >= 15 is 0 Å². The average molecular weight is 224 g/mol. The lowest BCUT2D eigenvalue weighted by molar-refractivity contribution is -0.148. The monoisotopic (exact) mass is 223 g/mol. The lowest BCUT2D eigenvalue weighted by atomic mass is 9.78. The number of halogens is 1. The molecule has 1 saturated heterocycles. The molecule has 2 fully saturated rings. The van der Waals surface area contributed by atoms with Crippen molar-refractivity contribution in [3.05, 3.63) is 0 Å². The smallest absolute Gasteiger partial charge is 0.273 e. The van der Waals surface area contributed by atoms with Crippen LogP contribution in [-0.4, -0.2) is 24.7 Å². The Morgan fingerprint density at radius 2 is 1.92 bits per heavy atom. The summed E-state index contributed by atoms with van der Waals surface area (Å²) in [6.07, 6.45) is 3.58. The van der Waals surface area contributed by atoms with Gasteiger partial charge >= 0.3 is 9.24 Å². The maximum absolute atomic E-state index is 11.3. The van der Waals surface area contributed by atoms with Gasteiger partial charge in [-0.15, -0.1) is 0 Å². The largest absolute Gasteiger partial charge is 0.324 e. The van der Waals surface area contributed by atoms with Crippen molar-refractivity contribution >= 4 is 25.8 Å². The molecule has 1 heterocycles. The molecule has 6 heteroatoms. The molecule has 1 amide bonds. The second kappa shape index (κ2) is 2.85. The second-order valence-electron chi connectivity index (χ2n) is 3.53. The molecular formula is C7H10ClNO3S. The topological polar surface area (TPSA) is 54.5 Å². The van der Waals surface area contributed by atoms with Gasteiger partial charge < -0.3 is 0 Å². The number of hydrogen-bond donors (Lipinski definition) is 0. The van der Waals surface area contributed by atoms with Gasteiger partial charge in [0.15, 0.2) is 0 Å². The zero-order valence-electron chi connectivity index (χ0n) is 6.94. The highest BCUT2D eigenvalue weighted by molar-refractivity contribution is 8.12. The Balaban J connectivity index is 2.21. The quantitative estimate of drug-likeness (QED) is 0.490. The van der Waals surface area contributed by atoms with Crippen LogP contribution in [0.2, 0.25) is 0 Å². The van der Waals surface area contributed by atoms with E-state index in [0.29, 0.717) is 0 Å². The van der Waals surface area contributed by atoms with Crippen LogP contribution in [0.15, 0.2) is 0 Å². The summed E-state index contributed by atoms with van der Waals surface area (Å²) < 4.78 is 22.7. The van der Waals surface area contributed by atoms with Crippen molar-refractivity contribution in [2.75, 3.05) is 0 Å². The molecule has 0 aromatic rings. The van der Waals surface area contributed by atoms with Gasteiger partial charge in [-0.3, -0.25) is 4.79 Å². The fraction of sp³-hybridized carbons (Fsp3) is 0.857. The summed E-state index contributed by atoms with van der Waals surface area (Å²) in [6, 6.07) is -0.149. The number of β-lactam (4-membered cyclic amide) rings is 1. The highest BCUT2D eigenvalue weighted by Crippen LogP contribution is 2.40. The van der Waals surface area contributed by atoms with E-state index < -0.39 is 9.24 Å². The molecule has 2 aliphatic rings. The van der Waals surface area contributed by atoms with E-state index in [0.717, 1.165) is 30.0 Å². The highest BCUT2D eigenvalue weighted by Gasteiger charge is 2.53. The Morgan fingerprint density at radius 1 is 1.31 bits per heavy atom. The molecule has 1 aliphatic heterocycles. The van der Waals surface area contributed by atoms with Crippen LogP contribution in [-0.2, 0) is 14.0 Å². The van der Waals surface area contributed by atoms with Crippen LogP contribution in [0.25, 0.3) is 0 Å². The lowest BCUT2D eigenvalue weighted by Gasteiger charge is -2.46. The Bertz CT molecular complexity index is 340. The standard InChI is InChI=1S/C7H10ClNO3S/c8-13(11,12)9-6-4-2-1-3-5(6)7(9)10/h5-6H,1-4H2/t5-,6+/m0/s1. The summed E-state index contributed by atoms with van der Waals surface area (Å²) in [4.78, 5) is 11.3. The minimum Gasteiger partial charge on any atom is -0.273 e. The van der Waals surface area contributed by atoms with Crippen LogP contribution >= 0.6 is 10.7 Å². The summed E-state index contributed by atoms with van der Waals surface area (Å²) in [5.41, 5.74) is 0. The Morgan fingerprint density at radius 3 is 2.54 bits per heavy atom. The molecule has 0 radical (unpaired) electrons. The first-order valence-electron chi connectivity index (χ1n) is 4.29. The zero-order chi connectivity index (χ0) is 9.64. The number of hydrogen-bond acceptors (Lipinski definition) is 3. The number of fused-ring (bicyclic) bond motifs is 1. The normalized spacial score (nSPS) is 33.9. The molecule has 13 heavy (non-hydrogen) atoms. The molecule has 0 spiro atoms. The summed E-state index contributed by atoms with van der Waals surface area (Å²) >= 11 is 0. The first-order valence-corrected chi connectivity index (χ1v) is 6.56. The number of carbonyl (C=O) groups excluding carboxylic acids is 1. The van der Waals surface area contributed by atoms with E-state index in [1.165, 1.54) is 0 Å². The third kappa shape index (κ3) is 1.34. The fourth-order valence-corrected chi connectivity index (χ4v) is 3.63. The molecule has 0 aromatic heterocycles. The van der Waals surface area contributed by atoms with E-state index in [1.54, 1.807) is 0 Å². The van der Waals surface area contributed by atoms with Gasteiger partial charge in [0.1, 0.15) is 0 Å². The Hall–Kier alpha value is -0.290. The van der Waals surface area contributed by atoms with Gasteiger partial charge in [-0.1, -0.05) is 12.8 Å². The third-order valence-corrected chi connectivity index (χ3v) is 4.17. The molecule has 0 bridgehead atoms. The minimum atomic E-state index is -3.83. The first kappa shape index (κ1) is 9.27. The zero-order valence-corrected chi connectivity index (χ0v) is 8.51. The van der Waals surface area contributed by atoms with E-state index in [9.17, 15) is 13.2 Å². The number of amides is 1. The van der Waals surface area contributed by atoms with Gasteiger partial charge in [0.05, 0.1) is 12.0 Å². The predicted octanol–water partition coefficient (Wildman–Crippen LogP) is 0.871. The fourth-order valence-electron chi connectivity index (χ4n) is 2.19. The summed E-state index contributed by atoms with van der Waals surface area (Å²) in [5.74, 6) is -0.401. The average Bonchev–Trinajstić information content (AvgIpc) is 2.00. The minimum absolute atomic E-state index is 0.0812. The Labute approximate surface area is 81.4 Å². The van der Waals surface area contributed by atoms with Crippen LogP contribution in [0.4, 0.5) is 0 Å². The molecule has 2 rings (SSSR count). The van der Waals surface area contributed by atoms with E-state index in [4.69, 9.17) is 10.7 Å². The van der Waals surface area contributed by atoms with E-state index in [1.807, 2.05) is 0 Å². The molecule has 1 aliphatic carbocycles. The van der Waals surface area contributed by atoms with Crippen LogP contribution in [0, 0.1) is 5.92 Å². The Kier molecular flexibility index (Phi) is 2.03. The number of rotatable bonds is 1. The van der Waals surface area contributed by atoms with Crippen LogP contribution < -0.4 is 0 Å². The molecule has 2 atom stereocenters. The molecule has 0 aromatic carbocycles. The van der Waals surface area contributed by atoms with Gasteiger partial charge in [0.2, 0.25) is 5.91 Å². The number of nitrogens with zero attached hydrogens (tertiary/aromatic N) is 1. The third-order valence-electron chi connectivity index (χ3n) is 2.80. The maximum atomic E-state index is 11.3. The van der Waals surface area contributed by atoms with Gasteiger partial charge in [-0.05, 0) is 12.8 Å². The highest BCUT2D eigenvalue weighted by atomic mass is 35.7. The van der Waals surface area contributed by atoms with Gasteiger partial charge in [-0.25, -0.2) is 4.31 Å².